The van der Waals surface area contributed by atoms with Crippen LogP contribution in [0.2, 0.25) is 19.1 Å². The van der Waals surface area contributed by atoms with Gasteiger partial charge in [0.2, 0.25) is 0 Å². The van der Waals surface area contributed by atoms with Crippen LogP contribution in [0.15, 0.2) is 35.5 Å². The first kappa shape index (κ1) is 28.0. The predicted molar refractivity (Wildman–Crippen MR) is 142 cm³/mol. The summed E-state index contributed by atoms with van der Waals surface area (Å²) in [5.74, 6) is -1.08. The molecule has 11 heteroatoms. The third-order valence-electron chi connectivity index (χ3n) is 6.28. The lowest BCUT2D eigenvalue weighted by Crippen LogP contribution is -2.41. The number of Topliss-reactive ketones (excluding diaryl/α,β-unsaturated/α-hetero) is 2. The number of aliphatic carboxylic acids is 1. The molecule has 0 spiro atoms. The SMILES string of the molecule is C[Si](C)(O)CCCC(=O)CC[C@H](NC(=O)c1ccc(CCc2c[nH]c3c2C(=O)CC(N)=N3)cc1)C(=O)O. The van der Waals surface area contributed by atoms with E-state index >= 15 is 0 Å². The first-order valence-electron chi connectivity index (χ1n) is 12.4. The maximum atomic E-state index is 12.6. The second-order valence-electron chi connectivity index (χ2n) is 10.0. The van der Waals surface area contributed by atoms with Crippen LogP contribution in [0.1, 0.15) is 63.9 Å². The Morgan fingerprint density at radius 1 is 1.16 bits per heavy atom. The quantitative estimate of drug-likeness (QED) is 0.249. The lowest BCUT2D eigenvalue weighted by Gasteiger charge is -2.15. The van der Waals surface area contributed by atoms with E-state index in [0.29, 0.717) is 54.5 Å². The molecule has 198 valence electrons. The van der Waals surface area contributed by atoms with Gasteiger partial charge in [-0.25, -0.2) is 9.79 Å². The highest BCUT2D eigenvalue weighted by atomic mass is 28.4. The number of H-pyrrole nitrogens is 1. The van der Waals surface area contributed by atoms with Crippen LogP contribution < -0.4 is 11.1 Å². The van der Waals surface area contributed by atoms with Crippen LogP contribution in [-0.4, -0.2) is 58.5 Å². The Kier molecular flexibility index (Phi) is 9.17. The molecule has 10 nitrogen and oxygen atoms in total. The summed E-state index contributed by atoms with van der Waals surface area (Å²) in [5.41, 5.74) is 8.38. The molecular formula is C26H34N4O6Si. The van der Waals surface area contributed by atoms with E-state index in [1.807, 2.05) is 13.1 Å². The average molecular weight is 527 g/mol. The number of amides is 1. The van der Waals surface area contributed by atoms with Gasteiger partial charge in [0.25, 0.3) is 5.91 Å². The third kappa shape index (κ3) is 8.22. The van der Waals surface area contributed by atoms with Crippen LogP contribution in [0.25, 0.3) is 0 Å². The molecule has 0 bridgehead atoms. The summed E-state index contributed by atoms with van der Waals surface area (Å²) in [6.07, 6.45) is 4.03. The number of nitrogens with one attached hydrogen (secondary N) is 2. The first-order chi connectivity index (χ1) is 17.4. The molecule has 1 atom stereocenters. The van der Waals surface area contributed by atoms with Crippen molar-refractivity contribution in [3.8, 4) is 0 Å². The van der Waals surface area contributed by atoms with Gasteiger partial charge in [0.05, 0.1) is 12.0 Å². The first-order valence-corrected chi connectivity index (χ1v) is 15.5. The van der Waals surface area contributed by atoms with Crippen molar-refractivity contribution in [3.05, 3.63) is 52.7 Å². The van der Waals surface area contributed by atoms with Crippen molar-refractivity contribution in [3.63, 3.8) is 0 Å². The van der Waals surface area contributed by atoms with Gasteiger partial charge in [0.15, 0.2) is 14.1 Å². The standard InChI is InChI=1S/C26H34N4O6Si/c1-37(2,36)13-3-4-19(31)11-12-20(26(34)35)29-25(33)17-8-5-16(6-9-17)7-10-18-15-28-24-23(18)21(32)14-22(27)30-24/h5-6,8-9,15,20,28,36H,3-4,7,10-14H2,1-2H3,(H2,27,30)(H,29,33)(H,34,35)/t20-/m0/s1. The number of carboxylic acids is 1. The van der Waals surface area contributed by atoms with Gasteiger partial charge in [0, 0.05) is 24.6 Å². The number of nitrogens with zero attached hydrogens (tertiary/aromatic N) is 1. The number of hydrogen-bond donors (Lipinski definition) is 5. The van der Waals surface area contributed by atoms with Gasteiger partial charge in [-0.2, -0.15) is 0 Å². The molecule has 6 N–H and O–H groups in total. The van der Waals surface area contributed by atoms with E-state index < -0.39 is 26.2 Å². The van der Waals surface area contributed by atoms with Crippen LogP contribution in [0.3, 0.4) is 0 Å². The van der Waals surface area contributed by atoms with Crippen molar-refractivity contribution in [2.24, 2.45) is 10.7 Å². The van der Waals surface area contributed by atoms with Gasteiger partial charge in [-0.1, -0.05) is 12.1 Å². The zero-order valence-electron chi connectivity index (χ0n) is 21.2. The van der Waals surface area contributed by atoms with E-state index in [4.69, 9.17) is 5.73 Å². The summed E-state index contributed by atoms with van der Waals surface area (Å²) in [6, 6.07) is 6.27. The van der Waals surface area contributed by atoms with Gasteiger partial charge in [-0.15, -0.1) is 0 Å². The maximum absolute atomic E-state index is 12.6. The Bertz CT molecular complexity index is 1200. The second-order valence-corrected chi connectivity index (χ2v) is 14.2. The number of amidine groups is 1. The number of carboxylic acid groups (broad SMARTS) is 1. The van der Waals surface area contributed by atoms with Crippen LogP contribution in [0, 0.1) is 0 Å². The minimum Gasteiger partial charge on any atom is -0.480 e. The van der Waals surface area contributed by atoms with E-state index in [-0.39, 0.29) is 30.8 Å². The molecule has 1 amide bonds. The van der Waals surface area contributed by atoms with E-state index in [2.05, 4.69) is 15.3 Å². The van der Waals surface area contributed by atoms with Gasteiger partial charge >= 0.3 is 5.97 Å². The van der Waals surface area contributed by atoms with E-state index in [1.54, 1.807) is 30.5 Å². The number of aliphatic imine (C=N–C) groups is 1. The Labute approximate surface area is 216 Å². The van der Waals surface area contributed by atoms with Crippen molar-refractivity contribution >= 4 is 43.4 Å². The van der Waals surface area contributed by atoms with Crippen molar-refractivity contribution in [2.45, 2.75) is 70.1 Å². The number of rotatable bonds is 13. The molecule has 2 aromatic rings. The number of carbonyl (C=O) groups excluding carboxylic acids is 3. The normalized spacial score (nSPS) is 14.0. The highest BCUT2D eigenvalue weighted by molar-refractivity contribution is 6.69. The van der Waals surface area contributed by atoms with E-state index in [1.165, 1.54) is 0 Å². The molecule has 0 saturated carbocycles. The van der Waals surface area contributed by atoms with E-state index in [0.717, 1.165) is 11.1 Å². The third-order valence-corrected chi connectivity index (χ3v) is 7.85. The maximum Gasteiger partial charge on any atom is 0.326 e. The van der Waals surface area contributed by atoms with Crippen molar-refractivity contribution < 1.29 is 29.1 Å². The largest absolute Gasteiger partial charge is 0.480 e. The summed E-state index contributed by atoms with van der Waals surface area (Å²) < 4.78 is 0. The topological polar surface area (TPSA) is 175 Å². The van der Waals surface area contributed by atoms with Gasteiger partial charge in [-0.05, 0) is 68.1 Å². The second kappa shape index (κ2) is 12.1. The summed E-state index contributed by atoms with van der Waals surface area (Å²) in [6.45, 7) is 3.62. The van der Waals surface area contributed by atoms with Crippen molar-refractivity contribution in [1.29, 1.82) is 0 Å². The number of benzene rings is 1. The molecule has 2 heterocycles. The lowest BCUT2D eigenvalue weighted by molar-refractivity contribution is -0.139. The predicted octanol–water partition coefficient (Wildman–Crippen LogP) is 2.88. The van der Waals surface area contributed by atoms with Gasteiger partial charge < -0.3 is 25.9 Å². The monoisotopic (exact) mass is 526 g/mol. The Morgan fingerprint density at radius 2 is 1.86 bits per heavy atom. The highest BCUT2D eigenvalue weighted by Crippen LogP contribution is 2.28. The minimum atomic E-state index is -2.21. The fraction of sp³-hybridized carbons (Fsp3) is 0.423. The molecule has 1 aromatic carbocycles. The van der Waals surface area contributed by atoms with Crippen molar-refractivity contribution in [2.75, 3.05) is 0 Å². The molecule has 1 aromatic heterocycles. The summed E-state index contributed by atoms with van der Waals surface area (Å²) >= 11 is 0. The smallest absolute Gasteiger partial charge is 0.326 e. The van der Waals surface area contributed by atoms with Crippen LogP contribution in [0.5, 0.6) is 0 Å². The molecule has 3 rings (SSSR count). The van der Waals surface area contributed by atoms with E-state index in [9.17, 15) is 29.1 Å². The Morgan fingerprint density at radius 3 is 2.51 bits per heavy atom. The highest BCUT2D eigenvalue weighted by Gasteiger charge is 2.24. The summed E-state index contributed by atoms with van der Waals surface area (Å²) in [4.78, 5) is 65.7. The number of aryl methyl sites for hydroxylation is 2. The summed E-state index contributed by atoms with van der Waals surface area (Å²) in [5, 5.41) is 12.0. The molecule has 0 aliphatic carbocycles. The number of ketones is 2. The molecule has 0 radical (unpaired) electrons. The number of aromatic amines is 1. The van der Waals surface area contributed by atoms with Gasteiger partial charge in [-0.3, -0.25) is 14.4 Å². The van der Waals surface area contributed by atoms with Crippen molar-refractivity contribution in [1.82, 2.24) is 10.3 Å². The number of nitrogens with two attached hydrogens (primary N) is 1. The molecule has 37 heavy (non-hydrogen) atoms. The van der Waals surface area contributed by atoms with Crippen LogP contribution in [-0.2, 0) is 22.4 Å². The minimum absolute atomic E-state index is 0.00728. The van der Waals surface area contributed by atoms with Crippen LogP contribution in [0.4, 0.5) is 5.82 Å². The zero-order valence-corrected chi connectivity index (χ0v) is 22.2. The Hall–Kier alpha value is -3.57. The lowest BCUT2D eigenvalue weighted by atomic mass is 9.98. The fourth-order valence-corrected chi connectivity index (χ4v) is 5.28. The molecule has 0 saturated heterocycles. The van der Waals surface area contributed by atoms with Crippen LogP contribution >= 0.6 is 0 Å². The number of carbonyl (C=O) groups is 4. The molecular weight excluding hydrogens is 492 g/mol. The van der Waals surface area contributed by atoms with Gasteiger partial charge in [0.1, 0.15) is 23.5 Å². The average Bonchev–Trinajstić information content (AvgIpc) is 3.22. The number of hydrogen-bond acceptors (Lipinski definition) is 7. The Balaban J connectivity index is 1.51. The molecule has 0 fully saturated rings. The molecule has 1 aliphatic heterocycles. The molecule has 1 aliphatic rings. The number of aromatic nitrogens is 1. The zero-order chi connectivity index (χ0) is 27.2. The molecule has 0 unspecified atom stereocenters. The fourth-order valence-electron chi connectivity index (χ4n) is 4.23. The number of fused-ring (bicyclic) bond motifs is 1. The summed E-state index contributed by atoms with van der Waals surface area (Å²) in [7, 11) is -2.21.